The molecule has 106 valence electrons. The Morgan fingerprint density at radius 1 is 1.24 bits per heavy atom. The number of barbiturate groups is 1. The SMILES string of the molecule is O=C1NC(=O)C2(CC2)C(=O)N1c1c(Cl)ccc2nsnc12. The van der Waals surface area contributed by atoms with Crippen molar-refractivity contribution >= 4 is 57.9 Å². The van der Waals surface area contributed by atoms with Gasteiger partial charge in [0.05, 0.1) is 16.8 Å². The molecule has 1 aromatic heterocycles. The fraction of sp³-hybridized carbons (Fsp3) is 0.250. The third-order valence-corrected chi connectivity index (χ3v) is 4.64. The van der Waals surface area contributed by atoms with Crippen molar-refractivity contribution in [2.75, 3.05) is 4.90 Å². The Kier molecular flexibility index (Phi) is 2.40. The Morgan fingerprint density at radius 3 is 2.71 bits per heavy atom. The third kappa shape index (κ3) is 1.57. The summed E-state index contributed by atoms with van der Waals surface area (Å²) < 4.78 is 8.17. The van der Waals surface area contributed by atoms with Gasteiger partial charge in [0.1, 0.15) is 22.1 Å². The molecule has 2 aliphatic rings. The van der Waals surface area contributed by atoms with Crippen molar-refractivity contribution in [3.63, 3.8) is 0 Å². The molecule has 1 saturated heterocycles. The predicted octanol–water partition coefficient (Wildman–Crippen LogP) is 1.71. The predicted molar refractivity (Wildman–Crippen MR) is 75.1 cm³/mol. The molecule has 7 nitrogen and oxygen atoms in total. The van der Waals surface area contributed by atoms with Crippen molar-refractivity contribution < 1.29 is 14.4 Å². The van der Waals surface area contributed by atoms with Gasteiger partial charge in [-0.15, -0.1) is 0 Å². The van der Waals surface area contributed by atoms with Crippen LogP contribution in [0.15, 0.2) is 12.1 Å². The smallest absolute Gasteiger partial charge is 0.276 e. The molecule has 2 heterocycles. The van der Waals surface area contributed by atoms with Crippen molar-refractivity contribution in [2.24, 2.45) is 5.41 Å². The van der Waals surface area contributed by atoms with Gasteiger partial charge in [-0.05, 0) is 25.0 Å². The van der Waals surface area contributed by atoms with E-state index in [2.05, 4.69) is 14.1 Å². The zero-order valence-electron chi connectivity index (χ0n) is 10.4. The molecule has 1 aromatic carbocycles. The Hall–Kier alpha value is -2.06. The third-order valence-electron chi connectivity index (χ3n) is 3.80. The van der Waals surface area contributed by atoms with Crippen LogP contribution in [0.25, 0.3) is 11.0 Å². The normalized spacial score (nSPS) is 20.2. The first-order chi connectivity index (χ1) is 10.0. The Morgan fingerprint density at radius 2 is 2.00 bits per heavy atom. The number of nitrogens with one attached hydrogen (secondary N) is 1. The molecule has 0 unspecified atom stereocenters. The first-order valence-corrected chi connectivity index (χ1v) is 7.26. The number of nitrogens with zero attached hydrogens (tertiary/aromatic N) is 3. The number of benzene rings is 1. The standard InChI is InChI=1S/C12H7ClN4O3S/c13-5-1-2-6-7(16-21-15-6)8(5)17-10(19)12(3-4-12)9(18)14-11(17)20/h1-2H,3-4H2,(H,14,18,20). The summed E-state index contributed by atoms with van der Waals surface area (Å²) in [5.41, 5.74) is -0.0184. The first-order valence-electron chi connectivity index (χ1n) is 6.15. The number of amides is 4. The molecule has 1 aliphatic carbocycles. The van der Waals surface area contributed by atoms with Crippen molar-refractivity contribution in [2.45, 2.75) is 12.8 Å². The molecule has 1 saturated carbocycles. The highest BCUT2D eigenvalue weighted by Crippen LogP contribution is 2.50. The van der Waals surface area contributed by atoms with Crippen LogP contribution in [0.5, 0.6) is 0 Å². The van der Waals surface area contributed by atoms with Gasteiger partial charge in [-0.1, -0.05) is 11.6 Å². The van der Waals surface area contributed by atoms with Crippen LogP contribution in [0.2, 0.25) is 5.02 Å². The fourth-order valence-electron chi connectivity index (χ4n) is 2.47. The van der Waals surface area contributed by atoms with Gasteiger partial charge in [-0.3, -0.25) is 14.9 Å². The number of imide groups is 2. The summed E-state index contributed by atoms with van der Waals surface area (Å²) in [7, 11) is 0. The second-order valence-electron chi connectivity index (χ2n) is 5.01. The second kappa shape index (κ2) is 3.99. The summed E-state index contributed by atoms with van der Waals surface area (Å²) in [5, 5.41) is 2.43. The number of carbonyl (C=O) groups excluding carboxylic acids is 3. The van der Waals surface area contributed by atoms with Gasteiger partial charge in [0.25, 0.3) is 5.91 Å². The lowest BCUT2D eigenvalue weighted by molar-refractivity contribution is -0.136. The molecule has 2 aromatic rings. The van der Waals surface area contributed by atoms with Crippen molar-refractivity contribution in [3.05, 3.63) is 17.2 Å². The van der Waals surface area contributed by atoms with E-state index in [0.29, 0.717) is 23.9 Å². The molecule has 9 heteroatoms. The van der Waals surface area contributed by atoms with Crippen LogP contribution in [0, 0.1) is 5.41 Å². The molecule has 0 bridgehead atoms. The van der Waals surface area contributed by atoms with Gasteiger partial charge in [-0.2, -0.15) is 8.75 Å². The minimum Gasteiger partial charge on any atom is -0.276 e. The Bertz CT molecular complexity index is 829. The minimum absolute atomic E-state index is 0.184. The van der Waals surface area contributed by atoms with Crippen molar-refractivity contribution in [3.8, 4) is 0 Å². The van der Waals surface area contributed by atoms with E-state index in [1.807, 2.05) is 0 Å². The van der Waals surface area contributed by atoms with E-state index in [1.165, 1.54) is 0 Å². The molecule has 1 N–H and O–H groups in total. The number of hydrogen-bond donors (Lipinski definition) is 1. The van der Waals surface area contributed by atoms with Gasteiger partial charge >= 0.3 is 6.03 Å². The molecule has 2 fully saturated rings. The highest BCUT2D eigenvalue weighted by Gasteiger charge is 2.62. The maximum Gasteiger partial charge on any atom is 0.335 e. The lowest BCUT2D eigenvalue weighted by Crippen LogP contribution is -2.59. The number of halogens is 1. The maximum atomic E-state index is 12.6. The van der Waals surface area contributed by atoms with Crippen molar-refractivity contribution in [1.29, 1.82) is 0 Å². The van der Waals surface area contributed by atoms with Gasteiger partial charge in [0, 0.05) is 0 Å². The van der Waals surface area contributed by atoms with E-state index in [0.717, 1.165) is 16.6 Å². The van der Waals surface area contributed by atoms with Crippen LogP contribution in [-0.2, 0) is 9.59 Å². The van der Waals surface area contributed by atoms with E-state index in [-0.39, 0.29) is 10.7 Å². The summed E-state index contributed by atoms with van der Waals surface area (Å²) in [6, 6.07) is 2.41. The van der Waals surface area contributed by atoms with Crippen LogP contribution in [0.1, 0.15) is 12.8 Å². The molecule has 1 spiro atoms. The Balaban J connectivity index is 1.93. The number of carbonyl (C=O) groups is 3. The van der Waals surface area contributed by atoms with Gasteiger partial charge in [0.2, 0.25) is 5.91 Å². The molecule has 0 atom stereocenters. The van der Waals surface area contributed by atoms with E-state index in [1.54, 1.807) is 12.1 Å². The summed E-state index contributed by atoms with van der Waals surface area (Å²) >= 11 is 7.12. The molecular weight excluding hydrogens is 316 g/mol. The van der Waals surface area contributed by atoms with Crippen LogP contribution >= 0.6 is 23.3 Å². The van der Waals surface area contributed by atoms with Gasteiger partial charge < -0.3 is 0 Å². The lowest BCUT2D eigenvalue weighted by atomic mass is 10.0. The number of hydrogen-bond acceptors (Lipinski definition) is 6. The minimum atomic E-state index is -1.12. The summed E-state index contributed by atoms with van der Waals surface area (Å²) in [4.78, 5) is 37.5. The first kappa shape index (κ1) is 12.7. The zero-order valence-corrected chi connectivity index (χ0v) is 12.0. The number of rotatable bonds is 1. The molecule has 0 radical (unpaired) electrons. The number of fused-ring (bicyclic) bond motifs is 1. The van der Waals surface area contributed by atoms with E-state index in [4.69, 9.17) is 11.6 Å². The molecule has 4 amide bonds. The largest absolute Gasteiger partial charge is 0.335 e. The quantitative estimate of drug-likeness (QED) is 0.807. The fourth-order valence-corrected chi connectivity index (χ4v) is 3.25. The molecule has 21 heavy (non-hydrogen) atoms. The highest BCUT2D eigenvalue weighted by atomic mass is 35.5. The zero-order chi connectivity index (χ0) is 14.8. The lowest BCUT2D eigenvalue weighted by Gasteiger charge is -2.30. The maximum absolute atomic E-state index is 12.6. The molecule has 1 aliphatic heterocycles. The number of anilines is 1. The molecule has 4 rings (SSSR count). The second-order valence-corrected chi connectivity index (χ2v) is 5.95. The molecular formula is C12H7ClN4O3S. The Labute approximate surface area is 127 Å². The van der Waals surface area contributed by atoms with Crippen LogP contribution in [-0.4, -0.2) is 26.6 Å². The number of urea groups is 1. The summed E-state index contributed by atoms with van der Waals surface area (Å²) in [5.74, 6) is -1.08. The monoisotopic (exact) mass is 322 g/mol. The van der Waals surface area contributed by atoms with Crippen LogP contribution in [0.4, 0.5) is 10.5 Å². The topological polar surface area (TPSA) is 92.3 Å². The van der Waals surface area contributed by atoms with Gasteiger partial charge in [0.15, 0.2) is 0 Å². The summed E-state index contributed by atoms with van der Waals surface area (Å²) in [6.45, 7) is 0. The summed E-state index contributed by atoms with van der Waals surface area (Å²) in [6.07, 6.45) is 0.870. The average molecular weight is 323 g/mol. The number of aromatic nitrogens is 2. The van der Waals surface area contributed by atoms with E-state index < -0.39 is 23.3 Å². The average Bonchev–Trinajstić information content (AvgIpc) is 3.12. The van der Waals surface area contributed by atoms with Gasteiger partial charge in [-0.25, -0.2) is 9.69 Å². The van der Waals surface area contributed by atoms with E-state index in [9.17, 15) is 14.4 Å². The highest BCUT2D eigenvalue weighted by molar-refractivity contribution is 7.00. The van der Waals surface area contributed by atoms with Crippen molar-refractivity contribution in [1.82, 2.24) is 14.1 Å². The van der Waals surface area contributed by atoms with Crippen LogP contribution in [0.3, 0.4) is 0 Å². The van der Waals surface area contributed by atoms with E-state index >= 15 is 0 Å². The van der Waals surface area contributed by atoms with Crippen LogP contribution < -0.4 is 10.2 Å².